The van der Waals surface area contributed by atoms with Crippen LogP contribution in [0.3, 0.4) is 0 Å². The third kappa shape index (κ3) is 6.31. The first kappa shape index (κ1) is 16.0. The van der Waals surface area contributed by atoms with E-state index in [4.69, 9.17) is 9.84 Å². The number of hydrogen-bond donors (Lipinski definition) is 2. The van der Waals surface area contributed by atoms with Crippen molar-refractivity contribution in [3.05, 3.63) is 35.9 Å². The molecule has 96 valence electrons. The van der Waals surface area contributed by atoms with Crippen LogP contribution < -0.4 is 10.1 Å². The van der Waals surface area contributed by atoms with Gasteiger partial charge in [-0.25, -0.2) is 0 Å². The third-order valence-electron chi connectivity index (χ3n) is 2.14. The van der Waals surface area contributed by atoms with E-state index in [0.717, 1.165) is 17.9 Å². The van der Waals surface area contributed by atoms with E-state index < -0.39 is 0 Å². The van der Waals surface area contributed by atoms with Crippen molar-refractivity contribution >= 4 is 18.5 Å². The highest BCUT2D eigenvalue weighted by atomic mass is 35.5. The zero-order valence-corrected chi connectivity index (χ0v) is 11.0. The summed E-state index contributed by atoms with van der Waals surface area (Å²) in [5.41, 5.74) is 1.06. The molecule has 1 aromatic rings. The normalized spacial score (nSPS) is 12.2. The predicted molar refractivity (Wildman–Crippen MR) is 73.8 cm³/mol. The minimum absolute atomic E-state index is 0. The van der Waals surface area contributed by atoms with Crippen LogP contribution in [0.4, 0.5) is 0 Å². The van der Waals surface area contributed by atoms with Gasteiger partial charge in [-0.3, -0.25) is 0 Å². The van der Waals surface area contributed by atoms with Crippen LogP contribution in [-0.2, 0) is 0 Å². The Bertz CT molecular complexity index is 340. The number of nitrogens with one attached hydrogen (secondary N) is 1. The van der Waals surface area contributed by atoms with E-state index in [1.54, 1.807) is 14.0 Å². The fourth-order valence-electron chi connectivity index (χ4n) is 1.37. The molecule has 0 spiro atoms. The van der Waals surface area contributed by atoms with E-state index in [2.05, 4.69) is 5.32 Å². The molecular formula is C13H20ClNO2. The number of aliphatic hydroxyl groups is 1. The molecule has 1 unspecified atom stereocenters. The lowest BCUT2D eigenvalue weighted by atomic mass is 10.2. The molecule has 0 fully saturated rings. The number of aliphatic hydroxyl groups excluding tert-OH is 1. The molecule has 17 heavy (non-hydrogen) atoms. The molecule has 4 heteroatoms. The average Bonchev–Trinajstić information content (AvgIpc) is 2.29. The van der Waals surface area contributed by atoms with Gasteiger partial charge in [-0.1, -0.05) is 30.4 Å². The molecule has 0 aromatic heterocycles. The largest absolute Gasteiger partial charge is 0.496 e. The molecular weight excluding hydrogens is 238 g/mol. The van der Waals surface area contributed by atoms with Crippen molar-refractivity contribution in [1.29, 1.82) is 0 Å². The second-order valence-electron chi connectivity index (χ2n) is 3.65. The van der Waals surface area contributed by atoms with E-state index in [9.17, 15) is 0 Å². The topological polar surface area (TPSA) is 41.5 Å². The summed E-state index contributed by atoms with van der Waals surface area (Å²) in [5, 5.41) is 12.2. The average molecular weight is 258 g/mol. The summed E-state index contributed by atoms with van der Waals surface area (Å²) in [7, 11) is 1.67. The molecule has 0 radical (unpaired) electrons. The molecule has 0 saturated heterocycles. The molecule has 3 nitrogen and oxygen atoms in total. The van der Waals surface area contributed by atoms with Crippen LogP contribution in [-0.4, -0.2) is 31.4 Å². The number of hydrogen-bond acceptors (Lipinski definition) is 3. The molecule has 0 aliphatic carbocycles. The van der Waals surface area contributed by atoms with Crippen LogP contribution in [0.25, 0.3) is 6.08 Å². The van der Waals surface area contributed by atoms with E-state index in [1.807, 2.05) is 36.4 Å². The molecule has 2 N–H and O–H groups in total. The van der Waals surface area contributed by atoms with Crippen LogP contribution >= 0.6 is 12.4 Å². The highest BCUT2D eigenvalue weighted by Gasteiger charge is 1.96. The maximum Gasteiger partial charge on any atom is 0.126 e. The maximum atomic E-state index is 9.04. The van der Waals surface area contributed by atoms with Gasteiger partial charge >= 0.3 is 0 Å². The Kier molecular flexibility index (Phi) is 8.50. The quantitative estimate of drug-likeness (QED) is 0.767. The van der Waals surface area contributed by atoms with Gasteiger partial charge in [0.15, 0.2) is 0 Å². The second kappa shape index (κ2) is 9.05. The van der Waals surface area contributed by atoms with Gasteiger partial charge in [0.2, 0.25) is 0 Å². The van der Waals surface area contributed by atoms with Crippen molar-refractivity contribution in [3.63, 3.8) is 0 Å². The van der Waals surface area contributed by atoms with Crippen molar-refractivity contribution in [3.8, 4) is 5.75 Å². The first-order valence-electron chi connectivity index (χ1n) is 5.42. The van der Waals surface area contributed by atoms with Gasteiger partial charge in [-0.15, -0.1) is 12.4 Å². The minimum Gasteiger partial charge on any atom is -0.496 e. The van der Waals surface area contributed by atoms with E-state index >= 15 is 0 Å². The lowest BCUT2D eigenvalue weighted by Crippen LogP contribution is -2.24. The minimum atomic E-state index is -0.306. The van der Waals surface area contributed by atoms with Gasteiger partial charge in [0.25, 0.3) is 0 Å². The lowest BCUT2D eigenvalue weighted by Gasteiger charge is -2.05. The van der Waals surface area contributed by atoms with Crippen LogP contribution in [0.15, 0.2) is 30.3 Å². The van der Waals surface area contributed by atoms with Crippen LogP contribution in [0.2, 0.25) is 0 Å². The Morgan fingerprint density at radius 3 is 2.76 bits per heavy atom. The molecule has 1 atom stereocenters. The Morgan fingerprint density at radius 1 is 1.41 bits per heavy atom. The summed E-state index contributed by atoms with van der Waals surface area (Å²) in [4.78, 5) is 0. The van der Waals surface area contributed by atoms with E-state index in [0.29, 0.717) is 6.54 Å². The number of para-hydroxylation sites is 1. The molecule has 0 bridgehead atoms. The molecule has 0 saturated carbocycles. The number of benzene rings is 1. The van der Waals surface area contributed by atoms with Crippen LogP contribution in [0, 0.1) is 0 Å². The lowest BCUT2D eigenvalue weighted by molar-refractivity contribution is 0.193. The van der Waals surface area contributed by atoms with Crippen LogP contribution in [0.5, 0.6) is 5.75 Å². The summed E-state index contributed by atoms with van der Waals surface area (Å²) in [6, 6.07) is 7.86. The zero-order valence-electron chi connectivity index (χ0n) is 10.2. The number of rotatable bonds is 6. The molecule has 1 aromatic carbocycles. The van der Waals surface area contributed by atoms with Gasteiger partial charge in [0, 0.05) is 18.7 Å². The predicted octanol–water partition coefficient (Wildman–Crippen LogP) is 2.10. The van der Waals surface area contributed by atoms with Gasteiger partial charge < -0.3 is 15.2 Å². The van der Waals surface area contributed by atoms with Crippen molar-refractivity contribution in [2.24, 2.45) is 0 Å². The Morgan fingerprint density at radius 2 is 2.12 bits per heavy atom. The fourth-order valence-corrected chi connectivity index (χ4v) is 1.37. The van der Waals surface area contributed by atoms with Crippen molar-refractivity contribution in [2.45, 2.75) is 13.0 Å². The summed E-state index contributed by atoms with van der Waals surface area (Å²) in [5.74, 6) is 0.870. The highest BCUT2D eigenvalue weighted by molar-refractivity contribution is 5.85. The highest BCUT2D eigenvalue weighted by Crippen LogP contribution is 2.18. The Balaban J connectivity index is 0.00000256. The maximum absolute atomic E-state index is 9.04. The number of methoxy groups -OCH3 is 1. The molecule has 1 rings (SSSR count). The van der Waals surface area contributed by atoms with Crippen molar-refractivity contribution in [2.75, 3.05) is 20.2 Å². The fraction of sp³-hybridized carbons (Fsp3) is 0.385. The van der Waals surface area contributed by atoms with Gasteiger partial charge in [-0.05, 0) is 13.0 Å². The Labute approximate surface area is 109 Å². The smallest absolute Gasteiger partial charge is 0.126 e. The van der Waals surface area contributed by atoms with Gasteiger partial charge in [-0.2, -0.15) is 0 Å². The molecule has 0 amide bonds. The summed E-state index contributed by atoms with van der Waals surface area (Å²) < 4.78 is 5.23. The second-order valence-corrected chi connectivity index (χ2v) is 3.65. The van der Waals surface area contributed by atoms with Crippen molar-refractivity contribution in [1.82, 2.24) is 5.32 Å². The first-order chi connectivity index (χ1) is 7.74. The molecule has 0 heterocycles. The third-order valence-corrected chi connectivity index (χ3v) is 2.14. The Hall–Kier alpha value is -1.03. The van der Waals surface area contributed by atoms with Gasteiger partial charge in [0.1, 0.15) is 5.75 Å². The molecule has 0 aliphatic heterocycles. The van der Waals surface area contributed by atoms with Gasteiger partial charge in [0.05, 0.1) is 13.2 Å². The monoisotopic (exact) mass is 257 g/mol. The first-order valence-corrected chi connectivity index (χ1v) is 5.42. The zero-order chi connectivity index (χ0) is 11.8. The van der Waals surface area contributed by atoms with Crippen molar-refractivity contribution < 1.29 is 9.84 Å². The summed E-state index contributed by atoms with van der Waals surface area (Å²) >= 11 is 0. The number of halogens is 1. The SMILES string of the molecule is COc1ccccc1/C=C/CNCC(C)O.Cl. The molecule has 0 aliphatic rings. The summed E-state index contributed by atoms with van der Waals surface area (Å²) in [6.45, 7) is 3.11. The standard InChI is InChI=1S/C13H19NO2.ClH/c1-11(15)10-14-9-5-7-12-6-3-4-8-13(12)16-2;/h3-8,11,14-15H,9-10H2,1-2H3;1H/b7-5+;. The van der Waals surface area contributed by atoms with Crippen LogP contribution in [0.1, 0.15) is 12.5 Å². The van der Waals surface area contributed by atoms with E-state index in [1.165, 1.54) is 0 Å². The van der Waals surface area contributed by atoms with E-state index in [-0.39, 0.29) is 18.5 Å². The summed E-state index contributed by atoms with van der Waals surface area (Å²) in [6.07, 6.45) is 3.72. The number of ether oxygens (including phenoxy) is 1.